The van der Waals surface area contributed by atoms with Gasteiger partial charge in [0.05, 0.1) is 29.8 Å². The van der Waals surface area contributed by atoms with Gasteiger partial charge in [-0.2, -0.15) is 0 Å². The van der Waals surface area contributed by atoms with Crippen LogP contribution >= 0.6 is 0 Å². The van der Waals surface area contributed by atoms with E-state index in [1.165, 1.54) is 0 Å². The molecule has 2 heterocycles. The molecular formula is C16H25BN2O4. The van der Waals surface area contributed by atoms with Gasteiger partial charge in [-0.1, -0.05) is 0 Å². The van der Waals surface area contributed by atoms with Crippen molar-refractivity contribution in [2.75, 3.05) is 18.5 Å². The van der Waals surface area contributed by atoms with Gasteiger partial charge in [0.1, 0.15) is 0 Å². The summed E-state index contributed by atoms with van der Waals surface area (Å²) >= 11 is 0. The van der Waals surface area contributed by atoms with Gasteiger partial charge in [-0.15, -0.1) is 0 Å². The lowest BCUT2D eigenvalue weighted by molar-refractivity contribution is -0.117. The molecule has 1 aromatic heterocycles. The lowest BCUT2D eigenvalue weighted by Gasteiger charge is -2.32. The number of amides is 1. The van der Waals surface area contributed by atoms with Crippen molar-refractivity contribution in [2.45, 2.75) is 52.2 Å². The highest BCUT2D eigenvalue weighted by atomic mass is 16.7. The Kier molecular flexibility index (Phi) is 5.44. The summed E-state index contributed by atoms with van der Waals surface area (Å²) in [5, 5.41) is 2.84. The third-order valence-corrected chi connectivity index (χ3v) is 4.24. The Balaban J connectivity index is 2.02. The van der Waals surface area contributed by atoms with Crippen LogP contribution in [0.1, 0.15) is 41.0 Å². The van der Waals surface area contributed by atoms with Gasteiger partial charge < -0.3 is 19.4 Å². The van der Waals surface area contributed by atoms with E-state index in [1.54, 1.807) is 18.3 Å². The molecule has 7 heteroatoms. The standard InChI is InChI=1S/C16H25BN2O4/c1-6-21-10-8-14(20)19-12-7-9-18-13(11-12)17-22-15(2,3)16(4,5)23-17/h7,9,11H,6,8,10H2,1-5H3,(H,18,19,20). The fraction of sp³-hybridized carbons (Fsp3) is 0.625. The third-order valence-electron chi connectivity index (χ3n) is 4.24. The maximum atomic E-state index is 11.9. The van der Waals surface area contributed by atoms with Gasteiger partial charge in [-0.25, -0.2) is 0 Å². The maximum absolute atomic E-state index is 11.9. The van der Waals surface area contributed by atoms with Gasteiger partial charge in [0.25, 0.3) is 0 Å². The summed E-state index contributed by atoms with van der Waals surface area (Å²) in [6.07, 6.45) is 1.96. The van der Waals surface area contributed by atoms with Crippen molar-refractivity contribution in [3.05, 3.63) is 18.3 Å². The average molecular weight is 320 g/mol. The Morgan fingerprint density at radius 2 is 1.96 bits per heavy atom. The first-order chi connectivity index (χ1) is 10.7. The van der Waals surface area contributed by atoms with E-state index < -0.39 is 18.3 Å². The number of nitrogens with zero attached hydrogens (tertiary/aromatic N) is 1. The number of carbonyl (C=O) groups is 1. The number of aromatic nitrogens is 1. The molecule has 1 aromatic rings. The van der Waals surface area contributed by atoms with Crippen LogP contribution in [-0.2, 0) is 18.8 Å². The van der Waals surface area contributed by atoms with Crippen molar-refractivity contribution in [3.63, 3.8) is 0 Å². The van der Waals surface area contributed by atoms with E-state index in [1.807, 2.05) is 34.6 Å². The molecule has 0 spiro atoms. The second kappa shape index (κ2) is 6.99. The van der Waals surface area contributed by atoms with Crippen LogP contribution in [0.3, 0.4) is 0 Å². The summed E-state index contributed by atoms with van der Waals surface area (Å²) in [6, 6.07) is 3.52. The number of hydrogen-bond donors (Lipinski definition) is 1. The van der Waals surface area contributed by atoms with Crippen LogP contribution in [-0.4, -0.2) is 42.4 Å². The molecule has 0 aromatic carbocycles. The fourth-order valence-corrected chi connectivity index (χ4v) is 2.15. The molecule has 1 amide bonds. The number of nitrogens with one attached hydrogen (secondary N) is 1. The van der Waals surface area contributed by atoms with Crippen LogP contribution in [0.25, 0.3) is 0 Å². The lowest BCUT2D eigenvalue weighted by Crippen LogP contribution is -2.41. The zero-order valence-corrected chi connectivity index (χ0v) is 14.5. The molecule has 0 saturated carbocycles. The Morgan fingerprint density at radius 3 is 2.57 bits per heavy atom. The molecule has 0 radical (unpaired) electrons. The minimum absolute atomic E-state index is 0.0930. The van der Waals surface area contributed by atoms with Crippen LogP contribution in [0, 0.1) is 0 Å². The number of rotatable bonds is 6. The van der Waals surface area contributed by atoms with Crippen LogP contribution in [0.5, 0.6) is 0 Å². The first-order valence-electron chi connectivity index (χ1n) is 7.94. The first kappa shape index (κ1) is 17.9. The SMILES string of the molecule is CCOCCC(=O)Nc1ccnc(B2OC(C)(C)C(C)(C)O2)c1. The molecule has 1 aliphatic rings. The number of carbonyl (C=O) groups excluding carboxylic acids is 1. The summed E-state index contributed by atoms with van der Waals surface area (Å²) < 4.78 is 17.1. The van der Waals surface area contributed by atoms with Crippen molar-refractivity contribution in [3.8, 4) is 0 Å². The number of hydrogen-bond acceptors (Lipinski definition) is 5. The van der Waals surface area contributed by atoms with Crippen molar-refractivity contribution in [1.82, 2.24) is 4.98 Å². The molecule has 23 heavy (non-hydrogen) atoms. The number of ether oxygens (including phenoxy) is 1. The van der Waals surface area contributed by atoms with Gasteiger partial charge in [-0.3, -0.25) is 9.78 Å². The molecule has 1 fully saturated rings. The van der Waals surface area contributed by atoms with Gasteiger partial charge in [0.15, 0.2) is 0 Å². The molecule has 0 bridgehead atoms. The van der Waals surface area contributed by atoms with Gasteiger partial charge >= 0.3 is 7.12 Å². The predicted molar refractivity (Wildman–Crippen MR) is 89.7 cm³/mol. The van der Waals surface area contributed by atoms with E-state index in [-0.39, 0.29) is 5.91 Å². The Labute approximate surface area is 138 Å². The quantitative estimate of drug-likeness (QED) is 0.639. The van der Waals surface area contributed by atoms with E-state index in [0.717, 1.165) is 0 Å². The minimum Gasteiger partial charge on any atom is -0.398 e. The summed E-state index contributed by atoms with van der Waals surface area (Å²) in [7, 11) is -0.541. The normalized spacial score (nSPS) is 18.9. The fourth-order valence-electron chi connectivity index (χ4n) is 2.15. The van der Waals surface area contributed by atoms with Crippen molar-refractivity contribution >= 4 is 24.3 Å². The van der Waals surface area contributed by atoms with Crippen molar-refractivity contribution < 1.29 is 18.8 Å². The van der Waals surface area contributed by atoms with E-state index >= 15 is 0 Å². The maximum Gasteiger partial charge on any atom is 0.514 e. The lowest BCUT2D eigenvalue weighted by atomic mass is 9.84. The van der Waals surface area contributed by atoms with E-state index in [2.05, 4.69) is 10.3 Å². The number of pyridine rings is 1. The van der Waals surface area contributed by atoms with Crippen LogP contribution in [0.15, 0.2) is 18.3 Å². The second-order valence-corrected chi connectivity index (χ2v) is 6.55. The van der Waals surface area contributed by atoms with Gasteiger partial charge in [0.2, 0.25) is 5.91 Å². The highest BCUT2D eigenvalue weighted by Gasteiger charge is 2.52. The Morgan fingerprint density at radius 1 is 1.30 bits per heavy atom. The summed E-state index contributed by atoms with van der Waals surface area (Å²) in [6.45, 7) is 10.9. The predicted octanol–water partition coefficient (Wildman–Crippen LogP) is 1.75. The smallest absolute Gasteiger partial charge is 0.398 e. The highest BCUT2D eigenvalue weighted by Crippen LogP contribution is 2.36. The topological polar surface area (TPSA) is 69.7 Å². The molecule has 0 unspecified atom stereocenters. The molecule has 6 nitrogen and oxygen atoms in total. The third kappa shape index (κ3) is 4.31. The largest absolute Gasteiger partial charge is 0.514 e. The van der Waals surface area contributed by atoms with Crippen LogP contribution in [0.2, 0.25) is 0 Å². The molecule has 126 valence electrons. The summed E-state index contributed by atoms with van der Waals surface area (Å²) in [4.78, 5) is 16.2. The van der Waals surface area contributed by atoms with Gasteiger partial charge in [-0.05, 0) is 46.8 Å². The molecule has 0 atom stereocenters. The van der Waals surface area contributed by atoms with Crippen LogP contribution in [0.4, 0.5) is 5.69 Å². The van der Waals surface area contributed by atoms with E-state index in [0.29, 0.717) is 30.9 Å². The molecule has 1 N–H and O–H groups in total. The van der Waals surface area contributed by atoms with Crippen molar-refractivity contribution in [2.24, 2.45) is 0 Å². The molecule has 1 aliphatic heterocycles. The molecule has 2 rings (SSSR count). The van der Waals surface area contributed by atoms with Gasteiger partial charge in [0, 0.05) is 18.5 Å². The summed E-state index contributed by atoms with van der Waals surface area (Å²) in [5.74, 6) is -0.0930. The monoisotopic (exact) mass is 320 g/mol. The molecule has 1 saturated heterocycles. The second-order valence-electron chi connectivity index (χ2n) is 6.55. The van der Waals surface area contributed by atoms with Crippen molar-refractivity contribution in [1.29, 1.82) is 0 Å². The number of anilines is 1. The van der Waals surface area contributed by atoms with E-state index in [4.69, 9.17) is 14.0 Å². The molecule has 0 aliphatic carbocycles. The zero-order chi connectivity index (χ0) is 17.1. The highest BCUT2D eigenvalue weighted by molar-refractivity contribution is 6.61. The van der Waals surface area contributed by atoms with Crippen LogP contribution < -0.4 is 10.9 Å². The van der Waals surface area contributed by atoms with E-state index in [9.17, 15) is 4.79 Å². The Bertz CT molecular complexity index is 547. The first-order valence-corrected chi connectivity index (χ1v) is 7.94. The summed E-state index contributed by atoms with van der Waals surface area (Å²) in [5.41, 5.74) is 0.476. The Hall–Kier alpha value is -1.44. The average Bonchev–Trinajstić information content (AvgIpc) is 2.68. The minimum atomic E-state index is -0.541. The molecular weight excluding hydrogens is 295 g/mol. The zero-order valence-electron chi connectivity index (χ0n) is 14.5.